The number of carbonyl (C=O) groups is 4. The van der Waals surface area contributed by atoms with Gasteiger partial charge in [-0.15, -0.1) is 0 Å². The molecule has 7 heteroatoms. The molecule has 0 aromatic rings. The Morgan fingerprint density at radius 3 is 2.29 bits per heavy atom. The third kappa shape index (κ3) is 4.01. The lowest BCUT2D eigenvalue weighted by molar-refractivity contribution is -0.176. The Kier molecular flexibility index (Phi) is 7.29. The van der Waals surface area contributed by atoms with E-state index in [-0.39, 0.29) is 24.2 Å². The number of rotatable bonds is 6. The third-order valence-electron chi connectivity index (χ3n) is 11.1. The van der Waals surface area contributed by atoms with Crippen LogP contribution in [-0.4, -0.2) is 46.3 Å². The lowest BCUT2D eigenvalue weighted by Crippen LogP contribution is -2.75. The Hall–Kier alpha value is -2.02. The summed E-state index contributed by atoms with van der Waals surface area (Å²) in [6.45, 7) is 15.6. The fourth-order valence-electron chi connectivity index (χ4n) is 8.68. The summed E-state index contributed by atoms with van der Waals surface area (Å²) in [4.78, 5) is 53.6. The van der Waals surface area contributed by atoms with Crippen molar-refractivity contribution in [2.75, 3.05) is 0 Å². The molecular weight excluding hydrogens is 482 g/mol. The lowest BCUT2D eigenvalue weighted by atomic mass is 9.47. The van der Waals surface area contributed by atoms with Crippen molar-refractivity contribution in [2.24, 2.45) is 34.0 Å². The van der Waals surface area contributed by atoms with Crippen molar-refractivity contribution in [3.05, 3.63) is 11.1 Å². The number of ketones is 2. The van der Waals surface area contributed by atoms with Crippen LogP contribution in [0.2, 0.25) is 0 Å². The number of hydrogen-bond acceptors (Lipinski definition) is 6. The normalized spacial score (nSPS) is 39.2. The molecule has 2 N–H and O–H groups in total. The smallest absolute Gasteiger partial charge is 0.302 e. The highest BCUT2D eigenvalue weighted by Gasteiger charge is 2.75. The minimum Gasteiger partial charge on any atom is -0.462 e. The monoisotopic (exact) mass is 529 g/mol. The zero-order valence-electron chi connectivity index (χ0n) is 24.5. The quantitative estimate of drug-likeness (QED) is 0.293. The largest absolute Gasteiger partial charge is 0.462 e. The van der Waals surface area contributed by atoms with Gasteiger partial charge in [0.05, 0.1) is 6.04 Å². The van der Waals surface area contributed by atoms with Crippen LogP contribution in [0.3, 0.4) is 0 Å². The summed E-state index contributed by atoms with van der Waals surface area (Å²) in [5, 5.41) is 15.5. The molecule has 0 saturated heterocycles. The molecule has 2 saturated carbocycles. The maximum Gasteiger partial charge on any atom is 0.302 e. The summed E-state index contributed by atoms with van der Waals surface area (Å²) < 4.78 is 5.60. The van der Waals surface area contributed by atoms with Gasteiger partial charge in [0.1, 0.15) is 6.10 Å². The summed E-state index contributed by atoms with van der Waals surface area (Å²) in [5.74, 6) is -1.10. The van der Waals surface area contributed by atoms with Gasteiger partial charge in [-0.3, -0.25) is 19.2 Å². The van der Waals surface area contributed by atoms with Crippen LogP contribution in [0.4, 0.5) is 0 Å². The number of hydrogen-bond donors (Lipinski definition) is 2. The molecule has 4 aliphatic rings. The second-order valence-electron chi connectivity index (χ2n) is 14.0. The number of Topliss-reactive ketones (excluding diaryl/α,β-unsaturated/α-hetero) is 2. The highest BCUT2D eigenvalue weighted by atomic mass is 16.5. The van der Waals surface area contributed by atoms with Crippen molar-refractivity contribution >= 4 is 23.4 Å². The van der Waals surface area contributed by atoms with Gasteiger partial charge in [0.2, 0.25) is 17.5 Å². The van der Waals surface area contributed by atoms with Gasteiger partial charge in [-0.05, 0) is 54.6 Å². The zero-order chi connectivity index (χ0) is 28.4. The molecule has 7 nitrogen and oxygen atoms in total. The topological polar surface area (TPSA) is 110 Å². The molecule has 38 heavy (non-hydrogen) atoms. The summed E-state index contributed by atoms with van der Waals surface area (Å²) in [6.07, 6.45) is 4.84. The summed E-state index contributed by atoms with van der Waals surface area (Å²) in [7, 11) is 0. The van der Waals surface area contributed by atoms with Gasteiger partial charge < -0.3 is 15.2 Å². The number of ether oxygens (including phenoxy) is 1. The van der Waals surface area contributed by atoms with Crippen LogP contribution in [0.25, 0.3) is 0 Å². The van der Waals surface area contributed by atoms with Crippen molar-refractivity contribution in [3.63, 3.8) is 0 Å². The maximum absolute atomic E-state index is 14.2. The van der Waals surface area contributed by atoms with Crippen LogP contribution in [-0.2, 0) is 23.9 Å². The molecule has 0 spiro atoms. The van der Waals surface area contributed by atoms with Crippen molar-refractivity contribution in [3.8, 4) is 0 Å². The number of fused-ring (bicyclic) bond motifs is 4. The standard InChI is InChI=1S/C31H47NO6/c1-17(2)10-9-11-18(3)20-14-15-29(7)27-31(37,26(36)25(35)30(20,29)8)21-12-13-23(38-19(4)33)28(5,6)22(21)16-24(34)32-27/h17-18,20,23,27,37H,9-16H2,1-8H3,(H,32,34)/t18-,20-,23+,27-,29+,30-,31+/m0/s1. The van der Waals surface area contributed by atoms with Crippen LogP contribution in [0.15, 0.2) is 11.1 Å². The molecule has 1 heterocycles. The second kappa shape index (κ2) is 9.57. The van der Waals surface area contributed by atoms with Crippen LogP contribution in [0, 0.1) is 34.0 Å². The predicted molar refractivity (Wildman–Crippen MR) is 144 cm³/mol. The molecule has 0 bridgehead atoms. The van der Waals surface area contributed by atoms with E-state index < -0.39 is 51.5 Å². The lowest BCUT2D eigenvalue weighted by Gasteiger charge is -2.57. The minimum atomic E-state index is -2.10. The van der Waals surface area contributed by atoms with Gasteiger partial charge in [-0.1, -0.05) is 67.7 Å². The van der Waals surface area contributed by atoms with Crippen LogP contribution >= 0.6 is 0 Å². The van der Waals surface area contributed by atoms with Crippen molar-refractivity contribution in [1.82, 2.24) is 5.32 Å². The van der Waals surface area contributed by atoms with E-state index in [1.807, 2.05) is 27.7 Å². The number of aliphatic hydroxyl groups is 1. The SMILES string of the molecule is CC(=O)O[C@@H]1CCC2=C(CC(=O)N[C@@H]3[C@]2(O)C(=O)C(=O)[C@]2(C)[C@H]([C@@H](C)CCCC(C)C)CC[C@]32C)C1(C)C. The molecule has 7 atom stereocenters. The summed E-state index contributed by atoms with van der Waals surface area (Å²) >= 11 is 0. The van der Waals surface area contributed by atoms with E-state index >= 15 is 0 Å². The predicted octanol–water partition coefficient (Wildman–Crippen LogP) is 4.69. The fourth-order valence-corrected chi connectivity index (χ4v) is 8.68. The summed E-state index contributed by atoms with van der Waals surface area (Å²) in [5.41, 5.74) is -3.53. The molecule has 0 unspecified atom stereocenters. The van der Waals surface area contributed by atoms with Gasteiger partial charge in [0.15, 0.2) is 5.60 Å². The van der Waals surface area contributed by atoms with Gasteiger partial charge in [0.25, 0.3) is 0 Å². The first kappa shape index (κ1) is 29.0. The number of carbonyl (C=O) groups excluding carboxylic acids is 4. The van der Waals surface area contributed by atoms with E-state index in [1.54, 1.807) is 0 Å². The molecule has 1 amide bonds. The highest BCUT2D eigenvalue weighted by Crippen LogP contribution is 2.66. The van der Waals surface area contributed by atoms with Crippen molar-refractivity contribution < 1.29 is 29.0 Å². The Morgan fingerprint density at radius 2 is 1.68 bits per heavy atom. The van der Waals surface area contributed by atoms with E-state index in [4.69, 9.17) is 4.74 Å². The Bertz CT molecular complexity index is 1070. The van der Waals surface area contributed by atoms with E-state index in [1.165, 1.54) is 6.92 Å². The van der Waals surface area contributed by atoms with Crippen LogP contribution in [0.5, 0.6) is 0 Å². The van der Waals surface area contributed by atoms with Crippen molar-refractivity contribution in [2.45, 2.75) is 125 Å². The average molecular weight is 530 g/mol. The first-order chi connectivity index (χ1) is 17.5. The first-order valence-corrected chi connectivity index (χ1v) is 14.5. The summed E-state index contributed by atoms with van der Waals surface area (Å²) in [6, 6.07) is -0.890. The Balaban J connectivity index is 1.79. The minimum absolute atomic E-state index is 0.00219. The van der Waals surface area contributed by atoms with Gasteiger partial charge in [0, 0.05) is 29.6 Å². The number of amides is 1. The van der Waals surface area contributed by atoms with E-state index in [0.717, 1.165) is 25.7 Å². The van der Waals surface area contributed by atoms with Gasteiger partial charge in [-0.2, -0.15) is 0 Å². The molecule has 2 fully saturated rings. The first-order valence-electron chi connectivity index (χ1n) is 14.5. The number of esters is 1. The maximum atomic E-state index is 14.2. The number of nitrogens with one attached hydrogen (secondary N) is 1. The highest BCUT2D eigenvalue weighted by molar-refractivity contribution is 6.44. The molecule has 4 rings (SSSR count). The third-order valence-corrected chi connectivity index (χ3v) is 11.1. The zero-order valence-corrected chi connectivity index (χ0v) is 24.5. The van der Waals surface area contributed by atoms with Gasteiger partial charge >= 0.3 is 5.97 Å². The van der Waals surface area contributed by atoms with Crippen molar-refractivity contribution in [1.29, 1.82) is 0 Å². The molecule has 0 aromatic carbocycles. The van der Waals surface area contributed by atoms with Crippen LogP contribution < -0.4 is 5.32 Å². The molecular formula is C31H47NO6. The fraction of sp³-hybridized carbons (Fsp3) is 0.806. The van der Waals surface area contributed by atoms with Crippen LogP contribution in [0.1, 0.15) is 107 Å². The second-order valence-corrected chi connectivity index (χ2v) is 14.0. The van der Waals surface area contributed by atoms with Gasteiger partial charge in [-0.25, -0.2) is 0 Å². The molecule has 212 valence electrons. The van der Waals surface area contributed by atoms with E-state index in [2.05, 4.69) is 26.1 Å². The molecule has 1 aliphatic heterocycles. The Morgan fingerprint density at radius 1 is 1.03 bits per heavy atom. The Labute approximate surface area is 227 Å². The molecule has 3 aliphatic carbocycles. The van der Waals surface area contributed by atoms with E-state index in [9.17, 15) is 24.3 Å². The molecule has 0 aromatic heterocycles. The average Bonchev–Trinajstić information content (AvgIpc) is 3.02. The molecule has 0 radical (unpaired) electrons. The van der Waals surface area contributed by atoms with E-state index in [0.29, 0.717) is 36.3 Å².